The minimum absolute atomic E-state index is 0.00919. The number of nitrogens with zero attached hydrogens (tertiary/aromatic N) is 1. The molecule has 0 aliphatic rings. The number of amides is 1. The van der Waals surface area contributed by atoms with Crippen molar-refractivity contribution in [1.29, 1.82) is 0 Å². The number of carbonyl (C=O) groups excluding carboxylic acids is 1. The van der Waals surface area contributed by atoms with Crippen LogP contribution >= 0.6 is 0 Å². The van der Waals surface area contributed by atoms with E-state index in [0.29, 0.717) is 17.0 Å². The Kier molecular flexibility index (Phi) is 5.18. The van der Waals surface area contributed by atoms with Crippen LogP contribution < -0.4 is 10.1 Å². The zero-order chi connectivity index (χ0) is 17.9. The molecule has 1 amide bonds. The van der Waals surface area contributed by atoms with Crippen molar-refractivity contribution in [2.45, 2.75) is 33.8 Å². The molecule has 0 spiro atoms. The predicted molar refractivity (Wildman–Crippen MR) is 92.5 cm³/mol. The molecule has 2 aromatic rings. The Labute approximate surface area is 140 Å². The first-order chi connectivity index (χ1) is 11.3. The molecule has 6 heteroatoms. The number of benzene rings is 2. The lowest BCUT2D eigenvalue weighted by Crippen LogP contribution is -2.30. The van der Waals surface area contributed by atoms with E-state index in [1.54, 1.807) is 13.8 Å². The quantitative estimate of drug-likeness (QED) is 0.666. The van der Waals surface area contributed by atoms with Gasteiger partial charge in [-0.2, -0.15) is 0 Å². The van der Waals surface area contributed by atoms with Gasteiger partial charge in [-0.25, -0.2) is 0 Å². The van der Waals surface area contributed by atoms with Crippen molar-refractivity contribution in [3.8, 4) is 5.75 Å². The average molecular weight is 328 g/mol. The summed E-state index contributed by atoms with van der Waals surface area (Å²) in [5.74, 6) is 0.343. The number of anilines is 1. The summed E-state index contributed by atoms with van der Waals surface area (Å²) in [7, 11) is 0. The predicted octanol–water partition coefficient (Wildman–Crippen LogP) is 3.93. The summed E-state index contributed by atoms with van der Waals surface area (Å²) in [4.78, 5) is 22.6. The second-order valence-electron chi connectivity index (χ2n) is 5.77. The lowest BCUT2D eigenvalue weighted by atomic mass is 10.1. The number of nitrogens with one attached hydrogen (secondary N) is 1. The molecule has 0 aromatic heterocycles. The van der Waals surface area contributed by atoms with Gasteiger partial charge in [0.1, 0.15) is 5.75 Å². The van der Waals surface area contributed by atoms with E-state index in [9.17, 15) is 14.9 Å². The van der Waals surface area contributed by atoms with Crippen LogP contribution in [-0.4, -0.2) is 16.9 Å². The minimum Gasteiger partial charge on any atom is -0.481 e. The number of hydrogen-bond donors (Lipinski definition) is 1. The van der Waals surface area contributed by atoms with Gasteiger partial charge in [0.15, 0.2) is 6.10 Å². The highest BCUT2D eigenvalue weighted by Crippen LogP contribution is 2.23. The number of nitro groups is 1. The number of carbonyl (C=O) groups is 1. The van der Waals surface area contributed by atoms with Crippen molar-refractivity contribution in [3.63, 3.8) is 0 Å². The van der Waals surface area contributed by atoms with Crippen LogP contribution in [0, 0.1) is 30.9 Å². The molecule has 24 heavy (non-hydrogen) atoms. The van der Waals surface area contributed by atoms with Gasteiger partial charge >= 0.3 is 0 Å². The number of non-ortho nitro benzene ring substituents is 1. The Morgan fingerprint density at radius 2 is 1.83 bits per heavy atom. The van der Waals surface area contributed by atoms with E-state index < -0.39 is 11.0 Å². The normalized spacial score (nSPS) is 11.7. The van der Waals surface area contributed by atoms with Crippen molar-refractivity contribution >= 4 is 17.3 Å². The molecule has 6 nitrogen and oxygen atoms in total. The van der Waals surface area contributed by atoms with Crippen molar-refractivity contribution in [3.05, 3.63) is 63.2 Å². The van der Waals surface area contributed by atoms with Gasteiger partial charge in [0.25, 0.3) is 11.6 Å². The average Bonchev–Trinajstić information content (AvgIpc) is 2.51. The number of rotatable bonds is 5. The molecule has 2 rings (SSSR count). The van der Waals surface area contributed by atoms with Gasteiger partial charge in [0.2, 0.25) is 0 Å². The zero-order valence-electron chi connectivity index (χ0n) is 14.1. The van der Waals surface area contributed by atoms with Gasteiger partial charge in [-0.1, -0.05) is 17.7 Å². The number of nitro benzene ring substituents is 1. The van der Waals surface area contributed by atoms with Crippen LogP contribution in [0.4, 0.5) is 11.4 Å². The first kappa shape index (κ1) is 17.5. The number of ether oxygens (including phenoxy) is 1. The lowest BCUT2D eigenvalue weighted by molar-refractivity contribution is -0.384. The highest BCUT2D eigenvalue weighted by Gasteiger charge is 2.17. The molecule has 1 N–H and O–H groups in total. The topological polar surface area (TPSA) is 81.5 Å². The second kappa shape index (κ2) is 7.12. The number of hydrogen-bond acceptors (Lipinski definition) is 4. The van der Waals surface area contributed by atoms with E-state index in [4.69, 9.17) is 4.74 Å². The fourth-order valence-electron chi connectivity index (χ4n) is 2.31. The van der Waals surface area contributed by atoms with E-state index >= 15 is 0 Å². The van der Waals surface area contributed by atoms with Crippen LogP contribution in [0.2, 0.25) is 0 Å². The summed E-state index contributed by atoms with van der Waals surface area (Å²) < 4.78 is 5.72. The summed E-state index contributed by atoms with van der Waals surface area (Å²) in [5.41, 5.74) is 3.22. The van der Waals surface area contributed by atoms with Crippen molar-refractivity contribution in [2.75, 3.05) is 5.32 Å². The summed E-state index contributed by atoms with van der Waals surface area (Å²) in [5, 5.41) is 13.5. The van der Waals surface area contributed by atoms with Gasteiger partial charge in [-0.15, -0.1) is 0 Å². The van der Waals surface area contributed by atoms with E-state index in [2.05, 4.69) is 5.32 Å². The van der Waals surface area contributed by atoms with Crippen LogP contribution in [0.5, 0.6) is 5.75 Å². The first-order valence-electron chi connectivity index (χ1n) is 7.57. The largest absolute Gasteiger partial charge is 0.481 e. The van der Waals surface area contributed by atoms with Gasteiger partial charge in [-0.05, 0) is 51.0 Å². The fraction of sp³-hybridized carbons (Fsp3) is 0.278. The summed E-state index contributed by atoms with van der Waals surface area (Å²) >= 11 is 0. The standard InChI is InChI=1S/C18H20N2O4/c1-11-5-8-17(13(3)9-11)24-14(4)18(21)19-16-7-6-15(20(22)23)10-12(16)2/h5-10,14H,1-4H3,(H,19,21). The highest BCUT2D eigenvalue weighted by molar-refractivity contribution is 5.94. The summed E-state index contributed by atoms with van der Waals surface area (Å²) in [6, 6.07) is 10.1. The van der Waals surface area contributed by atoms with E-state index in [0.717, 1.165) is 11.1 Å². The fourth-order valence-corrected chi connectivity index (χ4v) is 2.31. The van der Waals surface area contributed by atoms with E-state index in [1.807, 2.05) is 32.0 Å². The SMILES string of the molecule is Cc1ccc(OC(C)C(=O)Nc2ccc([N+](=O)[O-])cc2C)c(C)c1. The van der Waals surface area contributed by atoms with Gasteiger partial charge < -0.3 is 10.1 Å². The maximum atomic E-state index is 12.3. The molecule has 0 fully saturated rings. The second-order valence-corrected chi connectivity index (χ2v) is 5.77. The van der Waals surface area contributed by atoms with E-state index in [-0.39, 0.29) is 11.6 Å². The Hall–Kier alpha value is -2.89. The van der Waals surface area contributed by atoms with Crippen molar-refractivity contribution < 1.29 is 14.5 Å². The molecule has 0 aliphatic heterocycles. The molecule has 0 heterocycles. The maximum Gasteiger partial charge on any atom is 0.269 e. The Balaban J connectivity index is 2.07. The zero-order valence-corrected chi connectivity index (χ0v) is 14.1. The molecule has 0 radical (unpaired) electrons. The molecule has 1 atom stereocenters. The Bertz CT molecular complexity index is 787. The molecule has 0 saturated heterocycles. The molecule has 1 unspecified atom stereocenters. The molecule has 126 valence electrons. The maximum absolute atomic E-state index is 12.3. The first-order valence-corrected chi connectivity index (χ1v) is 7.57. The molecule has 0 bridgehead atoms. The highest BCUT2D eigenvalue weighted by atomic mass is 16.6. The summed E-state index contributed by atoms with van der Waals surface area (Å²) in [6.45, 7) is 7.28. The molecular formula is C18H20N2O4. The third kappa shape index (κ3) is 4.10. The minimum atomic E-state index is -0.694. The molecule has 0 aliphatic carbocycles. The van der Waals surface area contributed by atoms with Crippen molar-refractivity contribution in [2.24, 2.45) is 0 Å². The molecular weight excluding hydrogens is 308 g/mol. The van der Waals surface area contributed by atoms with Crippen LogP contribution in [0.15, 0.2) is 36.4 Å². The molecule has 2 aromatic carbocycles. The smallest absolute Gasteiger partial charge is 0.269 e. The van der Waals surface area contributed by atoms with Crippen LogP contribution in [-0.2, 0) is 4.79 Å². The third-order valence-corrected chi connectivity index (χ3v) is 3.68. The van der Waals surface area contributed by atoms with Gasteiger partial charge in [0.05, 0.1) is 4.92 Å². The summed E-state index contributed by atoms with van der Waals surface area (Å²) in [6.07, 6.45) is -0.694. The van der Waals surface area contributed by atoms with Gasteiger partial charge in [-0.3, -0.25) is 14.9 Å². The van der Waals surface area contributed by atoms with Crippen LogP contribution in [0.1, 0.15) is 23.6 Å². The van der Waals surface area contributed by atoms with Crippen LogP contribution in [0.25, 0.3) is 0 Å². The van der Waals surface area contributed by atoms with Gasteiger partial charge in [0, 0.05) is 17.8 Å². The number of aryl methyl sites for hydroxylation is 3. The van der Waals surface area contributed by atoms with Crippen LogP contribution in [0.3, 0.4) is 0 Å². The molecule has 0 saturated carbocycles. The van der Waals surface area contributed by atoms with E-state index in [1.165, 1.54) is 18.2 Å². The van der Waals surface area contributed by atoms with Crippen molar-refractivity contribution in [1.82, 2.24) is 0 Å². The Morgan fingerprint density at radius 1 is 1.12 bits per heavy atom. The lowest BCUT2D eigenvalue weighted by Gasteiger charge is -2.17. The Morgan fingerprint density at radius 3 is 2.42 bits per heavy atom. The third-order valence-electron chi connectivity index (χ3n) is 3.68. The monoisotopic (exact) mass is 328 g/mol.